The first-order chi connectivity index (χ1) is 11.9. The van der Waals surface area contributed by atoms with Crippen LogP contribution in [-0.2, 0) is 4.79 Å². The quantitative estimate of drug-likeness (QED) is 0.798. The van der Waals surface area contributed by atoms with Crippen molar-refractivity contribution in [2.75, 3.05) is 27.2 Å². The van der Waals surface area contributed by atoms with E-state index in [-0.39, 0.29) is 31.0 Å². The molecule has 26 heavy (non-hydrogen) atoms. The number of ether oxygens (including phenoxy) is 1. The number of nitrogens with one attached hydrogen (secondary N) is 1. The predicted octanol–water partition coefficient (Wildman–Crippen LogP) is 3.83. The summed E-state index contributed by atoms with van der Waals surface area (Å²) >= 11 is 0. The summed E-state index contributed by atoms with van der Waals surface area (Å²) in [6.07, 6.45) is 0. The van der Waals surface area contributed by atoms with Crippen LogP contribution in [-0.4, -0.2) is 38.1 Å². The lowest BCUT2D eigenvalue weighted by Gasteiger charge is -2.25. The van der Waals surface area contributed by atoms with Gasteiger partial charge < -0.3 is 15.0 Å². The molecule has 0 spiro atoms. The number of benzene rings is 2. The second kappa shape index (κ2) is 10.2. The summed E-state index contributed by atoms with van der Waals surface area (Å²) in [5, 5.41) is 2.98. The molecule has 0 aromatic heterocycles. The highest BCUT2D eigenvalue weighted by molar-refractivity contribution is 5.85. The number of para-hydroxylation sites is 1. The van der Waals surface area contributed by atoms with Crippen molar-refractivity contribution in [2.24, 2.45) is 0 Å². The Morgan fingerprint density at radius 3 is 2.15 bits per heavy atom. The largest absolute Gasteiger partial charge is 0.483 e. The fourth-order valence-corrected chi connectivity index (χ4v) is 2.81. The summed E-state index contributed by atoms with van der Waals surface area (Å²) in [6.45, 7) is 6.62. The zero-order valence-electron chi connectivity index (χ0n) is 16.2. The molecule has 2 rings (SSSR count). The third-order valence-electron chi connectivity index (χ3n) is 4.33. The monoisotopic (exact) mass is 376 g/mol. The number of likely N-dealkylation sites (N-methyl/N-ethyl adjacent to an activating group) is 1. The Labute approximate surface area is 163 Å². The van der Waals surface area contributed by atoms with Crippen LogP contribution in [0.2, 0.25) is 0 Å². The SMILES string of the molecule is Cc1ccc(C(CNC(=O)COc2c(C)cccc2C)N(C)C)cc1.Cl. The maximum absolute atomic E-state index is 12.2. The van der Waals surface area contributed by atoms with Crippen LogP contribution in [0.25, 0.3) is 0 Å². The molecular weight excluding hydrogens is 348 g/mol. The number of aryl methyl sites for hydroxylation is 3. The lowest BCUT2D eigenvalue weighted by atomic mass is 10.0. The molecule has 4 nitrogen and oxygen atoms in total. The normalized spacial score (nSPS) is 11.6. The minimum absolute atomic E-state index is 0. The van der Waals surface area contributed by atoms with Crippen LogP contribution in [0.5, 0.6) is 5.75 Å². The van der Waals surface area contributed by atoms with Gasteiger partial charge in [-0.15, -0.1) is 12.4 Å². The molecule has 1 amide bonds. The van der Waals surface area contributed by atoms with E-state index in [1.165, 1.54) is 11.1 Å². The van der Waals surface area contributed by atoms with Gasteiger partial charge in [-0.1, -0.05) is 48.0 Å². The van der Waals surface area contributed by atoms with Crippen molar-refractivity contribution < 1.29 is 9.53 Å². The minimum atomic E-state index is -0.110. The zero-order chi connectivity index (χ0) is 18.4. The van der Waals surface area contributed by atoms with E-state index >= 15 is 0 Å². The molecule has 1 N–H and O–H groups in total. The Morgan fingerprint density at radius 2 is 1.62 bits per heavy atom. The number of hydrogen-bond donors (Lipinski definition) is 1. The fourth-order valence-electron chi connectivity index (χ4n) is 2.81. The average molecular weight is 377 g/mol. The van der Waals surface area contributed by atoms with Crippen LogP contribution < -0.4 is 10.1 Å². The predicted molar refractivity (Wildman–Crippen MR) is 109 cm³/mol. The first-order valence-electron chi connectivity index (χ1n) is 8.57. The molecule has 0 saturated heterocycles. The van der Waals surface area contributed by atoms with Gasteiger partial charge in [0, 0.05) is 6.54 Å². The van der Waals surface area contributed by atoms with Crippen LogP contribution in [0.15, 0.2) is 42.5 Å². The topological polar surface area (TPSA) is 41.6 Å². The van der Waals surface area contributed by atoms with E-state index < -0.39 is 0 Å². The number of amides is 1. The highest BCUT2D eigenvalue weighted by Crippen LogP contribution is 2.22. The molecule has 0 bridgehead atoms. The second-order valence-electron chi connectivity index (χ2n) is 6.70. The van der Waals surface area contributed by atoms with Gasteiger partial charge in [-0.2, -0.15) is 0 Å². The Balaban J connectivity index is 0.00000338. The molecule has 2 aromatic carbocycles. The van der Waals surface area contributed by atoms with E-state index in [1.54, 1.807) is 0 Å². The van der Waals surface area contributed by atoms with Crippen LogP contribution >= 0.6 is 12.4 Å². The average Bonchev–Trinajstić information content (AvgIpc) is 2.56. The van der Waals surface area contributed by atoms with Gasteiger partial charge in [0.15, 0.2) is 6.61 Å². The van der Waals surface area contributed by atoms with E-state index in [1.807, 2.05) is 46.1 Å². The second-order valence-corrected chi connectivity index (χ2v) is 6.70. The lowest BCUT2D eigenvalue weighted by Crippen LogP contribution is -2.37. The van der Waals surface area contributed by atoms with E-state index in [0.717, 1.165) is 16.9 Å². The van der Waals surface area contributed by atoms with Gasteiger partial charge in [0.2, 0.25) is 0 Å². The smallest absolute Gasteiger partial charge is 0.258 e. The number of nitrogens with zero attached hydrogens (tertiary/aromatic N) is 1. The zero-order valence-corrected chi connectivity index (χ0v) is 17.0. The summed E-state index contributed by atoms with van der Waals surface area (Å²) in [7, 11) is 4.04. The Morgan fingerprint density at radius 1 is 1.04 bits per heavy atom. The third kappa shape index (κ3) is 6.04. The molecule has 0 aliphatic heterocycles. The third-order valence-corrected chi connectivity index (χ3v) is 4.33. The minimum Gasteiger partial charge on any atom is -0.483 e. The van der Waals surface area contributed by atoms with Crippen LogP contribution in [0.4, 0.5) is 0 Å². The van der Waals surface area contributed by atoms with Gasteiger partial charge in [-0.3, -0.25) is 4.79 Å². The number of halogens is 1. The molecule has 2 aromatic rings. The van der Waals surface area contributed by atoms with Crippen molar-refractivity contribution in [2.45, 2.75) is 26.8 Å². The molecule has 0 saturated carbocycles. The molecule has 0 aliphatic rings. The molecule has 0 fully saturated rings. The number of rotatable bonds is 7. The molecule has 0 aliphatic carbocycles. The molecule has 0 radical (unpaired) electrons. The maximum Gasteiger partial charge on any atom is 0.258 e. The molecular formula is C21H29ClN2O2. The molecule has 1 atom stereocenters. The van der Waals surface area contributed by atoms with Crippen molar-refractivity contribution in [3.63, 3.8) is 0 Å². The standard InChI is InChI=1S/C21H28N2O2.ClH/c1-15-9-11-18(12-10-15)19(23(4)5)13-22-20(24)14-25-21-16(2)7-6-8-17(21)3;/h6-12,19H,13-14H2,1-5H3,(H,22,24);1H. The summed E-state index contributed by atoms with van der Waals surface area (Å²) in [4.78, 5) is 14.3. The molecule has 1 unspecified atom stereocenters. The van der Waals surface area contributed by atoms with Gasteiger partial charge in [0.05, 0.1) is 6.04 Å². The summed E-state index contributed by atoms with van der Waals surface area (Å²) < 4.78 is 5.72. The van der Waals surface area contributed by atoms with E-state index in [4.69, 9.17) is 4.74 Å². The maximum atomic E-state index is 12.2. The van der Waals surface area contributed by atoms with Gasteiger partial charge in [0.1, 0.15) is 5.75 Å². The summed E-state index contributed by atoms with van der Waals surface area (Å²) in [6, 6.07) is 14.5. The molecule has 0 heterocycles. The van der Waals surface area contributed by atoms with Crippen molar-refractivity contribution in [3.05, 3.63) is 64.7 Å². The van der Waals surface area contributed by atoms with Crippen molar-refractivity contribution in [3.8, 4) is 5.75 Å². The van der Waals surface area contributed by atoms with Gasteiger partial charge >= 0.3 is 0 Å². The first kappa shape index (κ1) is 22.0. The van der Waals surface area contributed by atoms with Crippen LogP contribution in [0.3, 0.4) is 0 Å². The Kier molecular flexibility index (Phi) is 8.62. The Hall–Kier alpha value is -2.04. The highest BCUT2D eigenvalue weighted by Gasteiger charge is 2.15. The van der Waals surface area contributed by atoms with Crippen LogP contribution in [0.1, 0.15) is 28.3 Å². The van der Waals surface area contributed by atoms with Gasteiger partial charge in [-0.05, 0) is 51.6 Å². The molecule has 5 heteroatoms. The highest BCUT2D eigenvalue weighted by atomic mass is 35.5. The first-order valence-corrected chi connectivity index (χ1v) is 8.57. The lowest BCUT2D eigenvalue weighted by molar-refractivity contribution is -0.123. The Bertz CT molecular complexity index is 694. The molecule has 142 valence electrons. The van der Waals surface area contributed by atoms with Crippen LogP contribution in [0, 0.1) is 20.8 Å². The fraction of sp³-hybridized carbons (Fsp3) is 0.381. The number of carbonyl (C=O) groups is 1. The van der Waals surface area contributed by atoms with E-state index in [0.29, 0.717) is 6.54 Å². The summed E-state index contributed by atoms with van der Waals surface area (Å²) in [5.41, 5.74) is 4.50. The van der Waals surface area contributed by atoms with Crippen molar-refractivity contribution in [1.29, 1.82) is 0 Å². The van der Waals surface area contributed by atoms with E-state index in [9.17, 15) is 4.79 Å². The number of hydrogen-bond acceptors (Lipinski definition) is 3. The van der Waals surface area contributed by atoms with Crippen molar-refractivity contribution in [1.82, 2.24) is 10.2 Å². The van der Waals surface area contributed by atoms with Gasteiger partial charge in [0.25, 0.3) is 5.91 Å². The van der Waals surface area contributed by atoms with Gasteiger partial charge in [-0.25, -0.2) is 0 Å². The number of carbonyl (C=O) groups excluding carboxylic acids is 1. The van der Waals surface area contributed by atoms with E-state index in [2.05, 4.69) is 41.4 Å². The summed E-state index contributed by atoms with van der Waals surface area (Å²) in [5.74, 6) is 0.682. The van der Waals surface area contributed by atoms with Crippen molar-refractivity contribution >= 4 is 18.3 Å².